The molecule has 0 saturated carbocycles. The highest BCUT2D eigenvalue weighted by Gasteiger charge is 2.32. The van der Waals surface area contributed by atoms with E-state index in [0.29, 0.717) is 32.2 Å². The molecule has 1 N–H and O–H groups in total. The number of carbonyl (C=O) groups excluding carboxylic acids is 2. The second kappa shape index (κ2) is 8.78. The Morgan fingerprint density at radius 2 is 2.13 bits per heavy atom. The van der Waals surface area contributed by atoms with E-state index in [1.807, 2.05) is 6.92 Å². The van der Waals surface area contributed by atoms with Crippen LogP contribution in [0.5, 0.6) is 0 Å². The van der Waals surface area contributed by atoms with Crippen LogP contribution in [0.1, 0.15) is 40.5 Å². The van der Waals surface area contributed by atoms with Gasteiger partial charge in [0.25, 0.3) is 0 Å². The Kier molecular flexibility index (Phi) is 7.37. The van der Waals surface area contributed by atoms with Crippen molar-refractivity contribution in [3.05, 3.63) is 0 Å². The first-order chi connectivity index (χ1) is 10.8. The number of hydrogen-bond acceptors (Lipinski definition) is 4. The van der Waals surface area contributed by atoms with E-state index >= 15 is 0 Å². The van der Waals surface area contributed by atoms with E-state index in [9.17, 15) is 9.59 Å². The number of nitrogens with zero attached hydrogens (tertiary/aromatic N) is 1. The molecule has 0 aromatic rings. The summed E-state index contributed by atoms with van der Waals surface area (Å²) in [6.45, 7) is 9.87. The molecule has 0 aliphatic carbocycles. The Bertz CT molecular complexity index is 450. The second-order valence-corrected chi connectivity index (χ2v) is 6.71. The van der Waals surface area contributed by atoms with Gasteiger partial charge in [0.15, 0.2) is 0 Å². The monoisotopic (exact) mass is 324 g/mol. The number of rotatable bonds is 6. The topological polar surface area (TPSA) is 67.9 Å². The average molecular weight is 324 g/mol. The van der Waals surface area contributed by atoms with Crippen LogP contribution in [0.4, 0.5) is 4.79 Å². The summed E-state index contributed by atoms with van der Waals surface area (Å²) in [5, 5.41) is 2.58. The Labute approximate surface area is 138 Å². The Hall–Kier alpha value is -1.74. The summed E-state index contributed by atoms with van der Waals surface area (Å²) >= 11 is 0. The molecule has 1 heterocycles. The molecule has 2 amide bonds. The Morgan fingerprint density at radius 3 is 2.70 bits per heavy atom. The molecule has 0 radical (unpaired) electrons. The zero-order valence-electron chi connectivity index (χ0n) is 14.6. The highest BCUT2D eigenvalue weighted by Crippen LogP contribution is 2.18. The molecule has 1 aliphatic heterocycles. The highest BCUT2D eigenvalue weighted by molar-refractivity contribution is 5.86. The van der Waals surface area contributed by atoms with Crippen molar-refractivity contribution in [3.8, 4) is 12.3 Å². The van der Waals surface area contributed by atoms with Crippen LogP contribution in [0, 0.1) is 18.3 Å². The predicted molar refractivity (Wildman–Crippen MR) is 87.8 cm³/mol. The lowest BCUT2D eigenvalue weighted by Crippen LogP contribution is -2.49. The molecule has 2 atom stereocenters. The van der Waals surface area contributed by atoms with Gasteiger partial charge in [-0.1, -0.05) is 0 Å². The van der Waals surface area contributed by atoms with Gasteiger partial charge in [0, 0.05) is 32.0 Å². The van der Waals surface area contributed by atoms with Gasteiger partial charge < -0.3 is 19.7 Å². The van der Waals surface area contributed by atoms with Crippen molar-refractivity contribution in [2.75, 3.05) is 26.3 Å². The number of ether oxygens (including phenoxy) is 2. The van der Waals surface area contributed by atoms with Crippen LogP contribution < -0.4 is 5.32 Å². The van der Waals surface area contributed by atoms with Crippen LogP contribution in [0.25, 0.3) is 0 Å². The molecule has 0 spiro atoms. The summed E-state index contributed by atoms with van der Waals surface area (Å²) in [5.41, 5.74) is -0.621. The largest absolute Gasteiger partial charge is 0.444 e. The van der Waals surface area contributed by atoms with Crippen LogP contribution >= 0.6 is 0 Å². The zero-order chi connectivity index (χ0) is 17.5. The Balaban J connectivity index is 2.58. The van der Waals surface area contributed by atoms with E-state index in [0.717, 1.165) is 6.42 Å². The average Bonchev–Trinajstić information content (AvgIpc) is 2.90. The maximum absolute atomic E-state index is 12.6. The molecule has 2 unspecified atom stereocenters. The van der Waals surface area contributed by atoms with Crippen LogP contribution in [-0.2, 0) is 14.3 Å². The van der Waals surface area contributed by atoms with Crippen LogP contribution in [-0.4, -0.2) is 54.8 Å². The summed E-state index contributed by atoms with van der Waals surface area (Å²) in [6.07, 6.45) is 5.75. The fourth-order valence-electron chi connectivity index (χ4n) is 2.44. The molecule has 1 fully saturated rings. The molecule has 6 nitrogen and oxygen atoms in total. The maximum Gasteiger partial charge on any atom is 0.408 e. The molecular weight excluding hydrogens is 296 g/mol. The number of hydrogen-bond donors (Lipinski definition) is 1. The van der Waals surface area contributed by atoms with Crippen LogP contribution in [0.15, 0.2) is 0 Å². The fourth-order valence-corrected chi connectivity index (χ4v) is 2.44. The smallest absolute Gasteiger partial charge is 0.408 e. The first kappa shape index (κ1) is 19.3. The zero-order valence-corrected chi connectivity index (χ0v) is 14.6. The molecule has 6 heteroatoms. The van der Waals surface area contributed by atoms with Gasteiger partial charge in [-0.15, -0.1) is 12.3 Å². The second-order valence-electron chi connectivity index (χ2n) is 6.71. The molecule has 1 aliphatic rings. The standard InChI is InChI=1S/C17H28N2O4/c1-6-8-14(18-16(21)23-17(3,4)5)15(20)19-10-9-13(11-19)12-22-7-2/h1,13-14H,7-12H2,2-5H3,(H,18,21). The molecule has 1 rings (SSSR count). The highest BCUT2D eigenvalue weighted by atomic mass is 16.6. The van der Waals surface area contributed by atoms with Gasteiger partial charge >= 0.3 is 6.09 Å². The van der Waals surface area contributed by atoms with Crippen molar-refractivity contribution >= 4 is 12.0 Å². The molecular formula is C17H28N2O4. The number of terminal acetylenes is 1. The number of amides is 2. The van der Waals surface area contributed by atoms with Crippen molar-refractivity contribution in [3.63, 3.8) is 0 Å². The Morgan fingerprint density at radius 1 is 1.43 bits per heavy atom. The third-order valence-electron chi connectivity index (χ3n) is 3.47. The van der Waals surface area contributed by atoms with Crippen LogP contribution in [0.3, 0.4) is 0 Å². The number of carbonyl (C=O) groups is 2. The molecule has 0 aromatic carbocycles. The third kappa shape index (κ3) is 6.91. The maximum atomic E-state index is 12.6. The number of likely N-dealkylation sites (tertiary alicyclic amines) is 1. The van der Waals surface area contributed by atoms with E-state index in [2.05, 4.69) is 11.2 Å². The van der Waals surface area contributed by atoms with Gasteiger partial charge in [-0.2, -0.15) is 0 Å². The predicted octanol–water partition coefficient (Wildman–Crippen LogP) is 1.79. The van der Waals surface area contributed by atoms with E-state index in [4.69, 9.17) is 15.9 Å². The fraction of sp³-hybridized carbons (Fsp3) is 0.765. The molecule has 130 valence electrons. The molecule has 23 heavy (non-hydrogen) atoms. The first-order valence-electron chi connectivity index (χ1n) is 8.06. The van der Waals surface area contributed by atoms with Crippen LogP contribution in [0.2, 0.25) is 0 Å². The van der Waals surface area contributed by atoms with Gasteiger partial charge in [-0.25, -0.2) is 4.79 Å². The molecule has 0 bridgehead atoms. The van der Waals surface area contributed by atoms with Crippen molar-refractivity contribution in [2.24, 2.45) is 5.92 Å². The van der Waals surface area contributed by atoms with Crippen molar-refractivity contribution in [1.82, 2.24) is 10.2 Å². The van der Waals surface area contributed by atoms with Crippen molar-refractivity contribution in [1.29, 1.82) is 0 Å². The minimum atomic E-state index is -0.749. The summed E-state index contributed by atoms with van der Waals surface area (Å²) in [5.74, 6) is 2.62. The number of alkyl carbamates (subject to hydrolysis) is 1. The van der Waals surface area contributed by atoms with Gasteiger partial charge in [0.2, 0.25) is 5.91 Å². The van der Waals surface area contributed by atoms with Gasteiger partial charge in [0.1, 0.15) is 11.6 Å². The van der Waals surface area contributed by atoms with E-state index in [1.54, 1.807) is 25.7 Å². The quantitative estimate of drug-likeness (QED) is 0.756. The normalized spacial score (nSPS) is 19.1. The summed E-state index contributed by atoms with van der Waals surface area (Å²) in [7, 11) is 0. The van der Waals surface area contributed by atoms with Crippen molar-refractivity contribution < 1.29 is 19.1 Å². The van der Waals surface area contributed by atoms with Gasteiger partial charge in [0.05, 0.1) is 6.61 Å². The van der Waals surface area contributed by atoms with E-state index in [-0.39, 0.29) is 12.3 Å². The van der Waals surface area contributed by atoms with Gasteiger partial charge in [-0.05, 0) is 34.1 Å². The van der Waals surface area contributed by atoms with Crippen molar-refractivity contribution in [2.45, 2.75) is 52.2 Å². The summed E-state index contributed by atoms with van der Waals surface area (Å²) < 4.78 is 10.6. The lowest BCUT2D eigenvalue weighted by Gasteiger charge is -2.25. The lowest BCUT2D eigenvalue weighted by molar-refractivity contribution is -0.132. The lowest BCUT2D eigenvalue weighted by atomic mass is 10.1. The first-order valence-corrected chi connectivity index (χ1v) is 8.06. The summed E-state index contributed by atoms with van der Waals surface area (Å²) in [4.78, 5) is 26.2. The summed E-state index contributed by atoms with van der Waals surface area (Å²) in [6, 6.07) is -0.749. The number of nitrogens with one attached hydrogen (secondary N) is 1. The molecule has 1 saturated heterocycles. The molecule has 0 aromatic heterocycles. The van der Waals surface area contributed by atoms with E-state index in [1.165, 1.54) is 0 Å². The minimum absolute atomic E-state index is 0.144. The third-order valence-corrected chi connectivity index (χ3v) is 3.47. The SMILES string of the molecule is C#CCC(NC(=O)OC(C)(C)C)C(=O)N1CCC(COCC)C1. The van der Waals surface area contributed by atoms with Gasteiger partial charge in [-0.3, -0.25) is 4.79 Å². The minimum Gasteiger partial charge on any atom is -0.444 e. The van der Waals surface area contributed by atoms with E-state index < -0.39 is 17.7 Å².